The third kappa shape index (κ3) is 2.90. The van der Waals surface area contributed by atoms with Gasteiger partial charge in [-0.3, -0.25) is 4.79 Å². The second kappa shape index (κ2) is 5.09. The average molecular weight is 266 g/mol. The molecule has 15 heavy (non-hydrogen) atoms. The Labute approximate surface area is 98.0 Å². The van der Waals surface area contributed by atoms with E-state index in [1.54, 1.807) is 0 Å². The first-order valence-electron chi connectivity index (χ1n) is 4.67. The number of ketones is 1. The summed E-state index contributed by atoms with van der Waals surface area (Å²) in [5.41, 5.74) is 2.93. The van der Waals surface area contributed by atoms with Gasteiger partial charge in [0.2, 0.25) is 0 Å². The van der Waals surface area contributed by atoms with Crippen LogP contribution in [0.3, 0.4) is 0 Å². The van der Waals surface area contributed by atoms with Crippen molar-refractivity contribution in [2.45, 2.75) is 25.1 Å². The molecule has 1 aromatic rings. The van der Waals surface area contributed by atoms with E-state index in [2.05, 4.69) is 22.0 Å². The van der Waals surface area contributed by atoms with Gasteiger partial charge in [-0.1, -0.05) is 39.7 Å². The predicted molar refractivity (Wildman–Crippen MR) is 62.8 cm³/mol. The third-order valence-corrected chi connectivity index (χ3v) is 3.34. The van der Waals surface area contributed by atoms with Gasteiger partial charge in [0, 0.05) is 0 Å². The average Bonchev–Trinajstić information content (AvgIpc) is 2.17. The van der Waals surface area contributed by atoms with Crippen LogP contribution in [0.4, 0.5) is 0 Å². The topological polar surface area (TPSA) is 40.9 Å². The van der Waals surface area contributed by atoms with Gasteiger partial charge < -0.3 is 0 Å². The van der Waals surface area contributed by atoms with E-state index in [0.29, 0.717) is 6.42 Å². The van der Waals surface area contributed by atoms with Crippen LogP contribution in [0.5, 0.6) is 0 Å². The molecule has 0 saturated heterocycles. The summed E-state index contributed by atoms with van der Waals surface area (Å²) in [5, 5.41) is 8.71. The number of carbonyl (C=O) groups excluding carboxylic acids is 1. The minimum atomic E-state index is -0.304. The molecule has 0 spiro atoms. The van der Waals surface area contributed by atoms with Gasteiger partial charge in [0.05, 0.1) is 17.3 Å². The second-order valence-electron chi connectivity index (χ2n) is 3.51. The van der Waals surface area contributed by atoms with E-state index >= 15 is 0 Å². The van der Waals surface area contributed by atoms with Gasteiger partial charge in [-0.05, 0) is 25.0 Å². The Morgan fingerprint density at radius 2 is 2.27 bits per heavy atom. The Bertz CT molecular complexity index is 420. The SMILES string of the molecule is CC(=O)C(Br)c1ccc(C)cc1CC#N. The van der Waals surface area contributed by atoms with Crippen molar-refractivity contribution < 1.29 is 4.79 Å². The summed E-state index contributed by atoms with van der Waals surface area (Å²) in [5.74, 6) is 0.0537. The number of nitriles is 1. The summed E-state index contributed by atoms with van der Waals surface area (Å²) >= 11 is 3.34. The number of halogens is 1. The molecule has 0 amide bonds. The number of rotatable bonds is 3. The highest BCUT2D eigenvalue weighted by Crippen LogP contribution is 2.27. The van der Waals surface area contributed by atoms with Gasteiger partial charge in [0.15, 0.2) is 0 Å². The molecule has 1 rings (SSSR count). The highest BCUT2D eigenvalue weighted by atomic mass is 79.9. The lowest BCUT2D eigenvalue weighted by Gasteiger charge is -2.11. The van der Waals surface area contributed by atoms with Crippen molar-refractivity contribution in [2.24, 2.45) is 0 Å². The van der Waals surface area contributed by atoms with Crippen molar-refractivity contribution in [3.63, 3.8) is 0 Å². The van der Waals surface area contributed by atoms with Gasteiger partial charge in [-0.25, -0.2) is 0 Å². The molecule has 0 bridgehead atoms. The van der Waals surface area contributed by atoms with Crippen LogP contribution in [-0.2, 0) is 11.2 Å². The lowest BCUT2D eigenvalue weighted by molar-refractivity contribution is -0.116. The molecule has 0 radical (unpaired) electrons. The normalized spacial score (nSPS) is 11.9. The molecule has 0 aromatic heterocycles. The van der Waals surface area contributed by atoms with Crippen LogP contribution in [0.15, 0.2) is 18.2 Å². The lowest BCUT2D eigenvalue weighted by Crippen LogP contribution is -2.04. The summed E-state index contributed by atoms with van der Waals surface area (Å²) in [7, 11) is 0. The molecule has 78 valence electrons. The molecule has 0 N–H and O–H groups in total. The minimum absolute atomic E-state index is 0.0537. The first-order valence-corrected chi connectivity index (χ1v) is 5.58. The Hall–Kier alpha value is -1.14. The Kier molecular flexibility index (Phi) is 4.05. The van der Waals surface area contributed by atoms with Crippen LogP contribution in [0, 0.1) is 18.3 Å². The van der Waals surface area contributed by atoms with Crippen LogP contribution in [0.1, 0.15) is 28.4 Å². The van der Waals surface area contributed by atoms with Crippen LogP contribution >= 0.6 is 15.9 Å². The van der Waals surface area contributed by atoms with Crippen molar-refractivity contribution in [1.82, 2.24) is 0 Å². The lowest BCUT2D eigenvalue weighted by atomic mass is 9.98. The molecule has 0 heterocycles. The maximum absolute atomic E-state index is 11.3. The number of nitrogens with zero attached hydrogens (tertiary/aromatic N) is 1. The summed E-state index contributed by atoms with van der Waals surface area (Å²) < 4.78 is 0. The fourth-order valence-electron chi connectivity index (χ4n) is 1.44. The van der Waals surface area contributed by atoms with E-state index in [1.165, 1.54) is 6.92 Å². The number of Topliss-reactive ketones (excluding diaryl/α,β-unsaturated/α-hetero) is 1. The second-order valence-corrected chi connectivity index (χ2v) is 4.43. The molecule has 0 saturated carbocycles. The minimum Gasteiger partial charge on any atom is -0.298 e. The molecule has 2 nitrogen and oxygen atoms in total. The molecule has 0 fully saturated rings. The molecule has 0 aliphatic rings. The smallest absolute Gasteiger partial charge is 0.147 e. The van der Waals surface area contributed by atoms with Gasteiger partial charge in [0.1, 0.15) is 5.78 Å². The molecule has 1 aromatic carbocycles. The highest BCUT2D eigenvalue weighted by Gasteiger charge is 2.16. The Morgan fingerprint density at radius 3 is 2.80 bits per heavy atom. The van der Waals surface area contributed by atoms with Crippen molar-refractivity contribution in [3.8, 4) is 6.07 Å². The first-order chi connectivity index (χ1) is 7.06. The standard InChI is InChI=1S/C12H12BrNO/c1-8-3-4-11(12(13)9(2)15)10(7-8)5-6-14/h3-4,7,12H,5H2,1-2H3. The fourth-order valence-corrected chi connectivity index (χ4v) is 1.89. The van der Waals surface area contributed by atoms with E-state index in [9.17, 15) is 4.79 Å². The van der Waals surface area contributed by atoms with Gasteiger partial charge >= 0.3 is 0 Å². The molecule has 1 atom stereocenters. The van der Waals surface area contributed by atoms with Gasteiger partial charge in [0.25, 0.3) is 0 Å². The number of hydrogen-bond donors (Lipinski definition) is 0. The van der Waals surface area contributed by atoms with Crippen molar-refractivity contribution in [1.29, 1.82) is 5.26 Å². The first kappa shape index (κ1) is 11.9. The summed E-state index contributed by atoms with van der Waals surface area (Å²) in [4.78, 5) is 11.0. The van der Waals surface area contributed by atoms with E-state index in [4.69, 9.17) is 5.26 Å². The van der Waals surface area contributed by atoms with E-state index < -0.39 is 0 Å². The zero-order chi connectivity index (χ0) is 11.4. The monoisotopic (exact) mass is 265 g/mol. The van der Waals surface area contributed by atoms with Crippen molar-refractivity contribution in [3.05, 3.63) is 34.9 Å². The Morgan fingerprint density at radius 1 is 1.60 bits per heavy atom. The maximum atomic E-state index is 11.3. The van der Waals surface area contributed by atoms with Crippen LogP contribution in [0.25, 0.3) is 0 Å². The van der Waals surface area contributed by atoms with E-state index in [1.807, 2.05) is 25.1 Å². The molecular formula is C12H12BrNO. The van der Waals surface area contributed by atoms with Crippen molar-refractivity contribution >= 4 is 21.7 Å². The maximum Gasteiger partial charge on any atom is 0.147 e. The quantitative estimate of drug-likeness (QED) is 0.789. The highest BCUT2D eigenvalue weighted by molar-refractivity contribution is 9.09. The molecule has 1 unspecified atom stereocenters. The van der Waals surface area contributed by atoms with Crippen LogP contribution in [-0.4, -0.2) is 5.78 Å². The zero-order valence-electron chi connectivity index (χ0n) is 8.75. The number of carbonyl (C=O) groups is 1. The molecule has 3 heteroatoms. The van der Waals surface area contributed by atoms with Crippen molar-refractivity contribution in [2.75, 3.05) is 0 Å². The molecule has 0 aliphatic carbocycles. The van der Waals surface area contributed by atoms with E-state index in [0.717, 1.165) is 16.7 Å². The fraction of sp³-hybridized carbons (Fsp3) is 0.333. The Balaban J connectivity index is 3.17. The van der Waals surface area contributed by atoms with Gasteiger partial charge in [-0.2, -0.15) is 5.26 Å². The summed E-state index contributed by atoms with van der Waals surface area (Å²) in [6.45, 7) is 3.51. The number of benzene rings is 1. The van der Waals surface area contributed by atoms with Gasteiger partial charge in [-0.15, -0.1) is 0 Å². The zero-order valence-corrected chi connectivity index (χ0v) is 10.3. The number of aryl methyl sites for hydroxylation is 1. The van der Waals surface area contributed by atoms with Crippen LogP contribution in [0.2, 0.25) is 0 Å². The summed E-state index contributed by atoms with van der Waals surface area (Å²) in [6.07, 6.45) is 0.340. The number of hydrogen-bond acceptors (Lipinski definition) is 2. The van der Waals surface area contributed by atoms with Crippen LogP contribution < -0.4 is 0 Å². The third-order valence-electron chi connectivity index (χ3n) is 2.20. The molecule has 0 aliphatic heterocycles. The largest absolute Gasteiger partial charge is 0.298 e. The number of alkyl halides is 1. The summed E-state index contributed by atoms with van der Waals surface area (Å²) in [6, 6.07) is 7.92. The predicted octanol–water partition coefficient (Wildman–Crippen LogP) is 3.09. The molecular weight excluding hydrogens is 254 g/mol. The van der Waals surface area contributed by atoms with E-state index in [-0.39, 0.29) is 10.6 Å².